The first kappa shape index (κ1) is 22.6. The molecule has 0 saturated heterocycles. The van der Waals surface area contributed by atoms with Gasteiger partial charge in [0.1, 0.15) is 0 Å². The number of amidine groups is 1. The number of methoxy groups -OCH3 is 1. The average molecular weight is 436 g/mol. The number of halogens is 1. The molecule has 0 amide bonds. The summed E-state index contributed by atoms with van der Waals surface area (Å²) >= 11 is 7.65. The Morgan fingerprint density at radius 2 is 2.00 bits per heavy atom. The monoisotopic (exact) mass is 435 g/mol. The summed E-state index contributed by atoms with van der Waals surface area (Å²) in [4.78, 5) is 11.4. The highest BCUT2D eigenvalue weighted by molar-refractivity contribution is 8.13. The Labute approximate surface area is 178 Å². The maximum absolute atomic E-state index is 11.4. The summed E-state index contributed by atoms with van der Waals surface area (Å²) in [5, 5.41) is 8.64. The Balaban J connectivity index is 2.01. The zero-order chi connectivity index (χ0) is 21.1. The van der Waals surface area contributed by atoms with E-state index in [1.807, 2.05) is 30.3 Å². The molecule has 0 aromatic heterocycles. The predicted molar refractivity (Wildman–Crippen MR) is 117 cm³/mol. The van der Waals surface area contributed by atoms with E-state index in [0.717, 1.165) is 5.56 Å². The highest BCUT2D eigenvalue weighted by Crippen LogP contribution is 2.32. The molecule has 7 nitrogen and oxygen atoms in total. The molecule has 2 N–H and O–H groups in total. The molecular formula is C20H22ClN3O4S. The molecular weight excluding hydrogens is 414 g/mol. The van der Waals surface area contributed by atoms with Crippen LogP contribution in [0.3, 0.4) is 0 Å². The van der Waals surface area contributed by atoms with Crippen LogP contribution in [0.25, 0.3) is 0 Å². The molecule has 154 valence electrons. The van der Waals surface area contributed by atoms with Crippen molar-refractivity contribution in [3.05, 3.63) is 58.6 Å². The molecule has 2 rings (SSSR count). The van der Waals surface area contributed by atoms with Crippen LogP contribution < -0.4 is 15.2 Å². The second-order valence-corrected chi connectivity index (χ2v) is 6.98. The lowest BCUT2D eigenvalue weighted by atomic mass is 10.2. The first-order valence-corrected chi connectivity index (χ1v) is 10.1. The molecule has 0 aliphatic heterocycles. The van der Waals surface area contributed by atoms with E-state index in [9.17, 15) is 4.79 Å². The number of nitrogens with zero attached hydrogens (tertiary/aromatic N) is 2. The van der Waals surface area contributed by atoms with Crippen LogP contribution in [-0.4, -0.2) is 37.7 Å². The maximum Gasteiger partial charge on any atom is 0.344 e. The largest absolute Gasteiger partial charge is 0.493 e. The van der Waals surface area contributed by atoms with Gasteiger partial charge in [-0.3, -0.25) is 0 Å². The molecule has 29 heavy (non-hydrogen) atoms. The van der Waals surface area contributed by atoms with Gasteiger partial charge in [0.2, 0.25) is 0 Å². The van der Waals surface area contributed by atoms with E-state index in [4.69, 9.17) is 31.5 Å². The highest BCUT2D eigenvalue weighted by atomic mass is 35.5. The fourth-order valence-electron chi connectivity index (χ4n) is 2.17. The summed E-state index contributed by atoms with van der Waals surface area (Å²) in [6, 6.07) is 13.1. The maximum atomic E-state index is 11.4. The number of benzene rings is 2. The normalized spacial score (nSPS) is 11.5. The van der Waals surface area contributed by atoms with Gasteiger partial charge in [-0.15, -0.1) is 5.10 Å². The van der Waals surface area contributed by atoms with Gasteiger partial charge in [-0.2, -0.15) is 5.10 Å². The van der Waals surface area contributed by atoms with Crippen LogP contribution in [0.5, 0.6) is 11.5 Å². The van der Waals surface area contributed by atoms with E-state index in [-0.39, 0.29) is 13.2 Å². The Bertz CT molecular complexity index is 876. The quantitative estimate of drug-likeness (QED) is 0.278. The number of carbonyl (C=O) groups is 1. The lowest BCUT2D eigenvalue weighted by Crippen LogP contribution is -2.15. The smallest absolute Gasteiger partial charge is 0.344 e. The molecule has 0 fully saturated rings. The van der Waals surface area contributed by atoms with Gasteiger partial charge in [-0.05, 0) is 18.6 Å². The van der Waals surface area contributed by atoms with Gasteiger partial charge in [0.05, 0.1) is 25.0 Å². The molecule has 0 bridgehead atoms. The zero-order valence-corrected chi connectivity index (χ0v) is 17.7. The number of thioether (sulfide) groups is 1. The number of hydrogen-bond acceptors (Lipinski definition) is 7. The molecule has 2 aromatic rings. The van der Waals surface area contributed by atoms with Crippen molar-refractivity contribution >= 4 is 40.7 Å². The topological polar surface area (TPSA) is 95.5 Å². The third-order valence-electron chi connectivity index (χ3n) is 3.52. The highest BCUT2D eigenvalue weighted by Gasteiger charge is 2.12. The van der Waals surface area contributed by atoms with Gasteiger partial charge < -0.3 is 19.9 Å². The number of hydrogen-bond donors (Lipinski definition) is 1. The van der Waals surface area contributed by atoms with Crippen LogP contribution in [0.4, 0.5) is 0 Å². The number of ether oxygens (including phenoxy) is 3. The standard InChI is InChI=1S/C20H22ClN3O4S/c1-3-27-19(25)12-28-18-10-16(21)15(9-17(18)26-2)11-23-24-20(22)29-13-14-7-5-4-6-8-14/h4-11H,3,12-13H2,1-2H3,(H2,22,24). The predicted octanol–water partition coefficient (Wildman–Crippen LogP) is 3.87. The van der Waals surface area contributed by atoms with E-state index >= 15 is 0 Å². The van der Waals surface area contributed by atoms with Gasteiger partial charge >= 0.3 is 5.97 Å². The molecule has 0 unspecified atom stereocenters. The van der Waals surface area contributed by atoms with E-state index in [0.29, 0.717) is 33.0 Å². The third-order valence-corrected chi connectivity index (χ3v) is 4.70. The number of nitrogens with two attached hydrogens (primary N) is 1. The Morgan fingerprint density at radius 1 is 1.24 bits per heavy atom. The summed E-state index contributed by atoms with van der Waals surface area (Å²) < 4.78 is 15.5. The molecule has 0 spiro atoms. The van der Waals surface area contributed by atoms with Gasteiger partial charge in [0.25, 0.3) is 0 Å². The first-order valence-electron chi connectivity index (χ1n) is 8.72. The SMILES string of the molecule is CCOC(=O)COc1cc(Cl)c(C=NN=C(N)SCc2ccccc2)cc1OC. The van der Waals surface area contributed by atoms with Crippen LogP contribution in [0, 0.1) is 0 Å². The fourth-order valence-corrected chi connectivity index (χ4v) is 2.98. The zero-order valence-electron chi connectivity index (χ0n) is 16.1. The summed E-state index contributed by atoms with van der Waals surface area (Å²) in [5.74, 6) is 0.945. The molecule has 9 heteroatoms. The number of carbonyl (C=O) groups excluding carboxylic acids is 1. The fraction of sp³-hybridized carbons (Fsp3) is 0.250. The van der Waals surface area contributed by atoms with Crippen LogP contribution in [-0.2, 0) is 15.3 Å². The lowest BCUT2D eigenvalue weighted by Gasteiger charge is -2.11. The van der Waals surface area contributed by atoms with Crippen molar-refractivity contribution in [3.8, 4) is 11.5 Å². The van der Waals surface area contributed by atoms with Crippen LogP contribution in [0.2, 0.25) is 5.02 Å². The summed E-state index contributed by atoms with van der Waals surface area (Å²) in [7, 11) is 1.48. The van der Waals surface area contributed by atoms with Crippen LogP contribution in [0.1, 0.15) is 18.1 Å². The van der Waals surface area contributed by atoms with Crippen LogP contribution >= 0.6 is 23.4 Å². The van der Waals surface area contributed by atoms with Gasteiger partial charge in [0, 0.05) is 17.4 Å². The van der Waals surface area contributed by atoms with Gasteiger partial charge in [-0.25, -0.2) is 4.79 Å². The molecule has 0 aliphatic carbocycles. The average Bonchev–Trinajstić information content (AvgIpc) is 2.73. The van der Waals surface area contributed by atoms with Gasteiger partial charge in [-0.1, -0.05) is 53.7 Å². The first-order chi connectivity index (χ1) is 14.0. The van der Waals surface area contributed by atoms with Crippen molar-refractivity contribution in [2.24, 2.45) is 15.9 Å². The molecule has 0 heterocycles. The minimum absolute atomic E-state index is 0.243. The third kappa shape index (κ3) is 7.67. The van der Waals surface area contributed by atoms with Crippen molar-refractivity contribution in [3.63, 3.8) is 0 Å². The van der Waals surface area contributed by atoms with Crippen LogP contribution in [0.15, 0.2) is 52.7 Å². The minimum atomic E-state index is -0.478. The lowest BCUT2D eigenvalue weighted by molar-refractivity contribution is -0.145. The van der Waals surface area contributed by atoms with Gasteiger partial charge in [0.15, 0.2) is 23.3 Å². The molecule has 0 saturated carbocycles. The van der Waals surface area contributed by atoms with Crippen molar-refractivity contribution in [2.45, 2.75) is 12.7 Å². The van der Waals surface area contributed by atoms with E-state index in [2.05, 4.69) is 10.2 Å². The van der Waals surface area contributed by atoms with E-state index < -0.39 is 5.97 Å². The number of rotatable bonds is 9. The Kier molecular flexibility index (Phi) is 9.33. The summed E-state index contributed by atoms with van der Waals surface area (Å²) in [6.45, 7) is 1.76. The molecule has 2 aromatic carbocycles. The molecule has 0 radical (unpaired) electrons. The minimum Gasteiger partial charge on any atom is -0.493 e. The number of esters is 1. The summed E-state index contributed by atoms with van der Waals surface area (Å²) in [6.07, 6.45) is 1.47. The van der Waals surface area contributed by atoms with E-state index in [1.165, 1.54) is 31.2 Å². The van der Waals surface area contributed by atoms with Crippen molar-refractivity contribution < 1.29 is 19.0 Å². The summed E-state index contributed by atoms with van der Waals surface area (Å²) in [5.41, 5.74) is 7.58. The second kappa shape index (κ2) is 12.0. The molecule has 0 aliphatic rings. The second-order valence-electron chi connectivity index (χ2n) is 5.58. The van der Waals surface area contributed by atoms with Crippen molar-refractivity contribution in [1.82, 2.24) is 0 Å². The van der Waals surface area contributed by atoms with Crippen molar-refractivity contribution in [1.29, 1.82) is 0 Å². The van der Waals surface area contributed by atoms with Crippen molar-refractivity contribution in [2.75, 3.05) is 20.3 Å². The Morgan fingerprint density at radius 3 is 2.69 bits per heavy atom. The van der Waals surface area contributed by atoms with E-state index in [1.54, 1.807) is 13.0 Å². The Hall–Kier alpha value is -2.71. The molecule has 0 atom stereocenters.